The van der Waals surface area contributed by atoms with Gasteiger partial charge in [0.05, 0.1) is 12.3 Å². The lowest BCUT2D eigenvalue weighted by Crippen LogP contribution is -2.61. The van der Waals surface area contributed by atoms with E-state index in [1.807, 2.05) is 20.8 Å². The Hall–Kier alpha value is -3.00. The van der Waals surface area contributed by atoms with Gasteiger partial charge in [0, 0.05) is 32.7 Å². The lowest BCUT2D eigenvalue weighted by atomic mass is 9.83. The molecule has 0 spiro atoms. The number of fused-ring (bicyclic) bond motifs is 1. The third-order valence-corrected chi connectivity index (χ3v) is 10.7. The van der Waals surface area contributed by atoms with Gasteiger partial charge in [-0.15, -0.1) is 6.58 Å². The van der Waals surface area contributed by atoms with E-state index in [4.69, 9.17) is 0 Å². The van der Waals surface area contributed by atoms with Gasteiger partial charge in [0.1, 0.15) is 12.1 Å². The summed E-state index contributed by atoms with van der Waals surface area (Å²) >= 11 is 0. The number of carbonyl (C=O) groups is 5. The molecule has 3 fully saturated rings. The maximum atomic E-state index is 14.2. The molecule has 1 unspecified atom stereocenters. The number of nitrogens with one attached hydrogen (secondary N) is 4. The summed E-state index contributed by atoms with van der Waals surface area (Å²) in [4.78, 5) is 67.8. The molecule has 1 aliphatic heterocycles. The highest BCUT2D eigenvalue weighted by molar-refractivity contribution is 7.88. The Morgan fingerprint density at radius 2 is 1.69 bits per heavy atom. The van der Waals surface area contributed by atoms with Crippen LogP contribution in [0.15, 0.2) is 12.7 Å². The quantitative estimate of drug-likeness (QED) is 0.161. The van der Waals surface area contributed by atoms with E-state index < -0.39 is 63.2 Å². The lowest BCUT2D eigenvalue weighted by Gasteiger charge is -2.37. The topological polar surface area (TPSA) is 174 Å². The standard InChI is InChI=1S/C31H52N6O7S/c1-8-15-32-28(40)26(38)22(9-2)33-27(39)25-21-16-20(21)17-37(25)29(41)24(19-13-11-10-12-14-19)35-30(42)34-23(31(3,4)5)18-36(6)45(7,43)44/h8,19-25H,1,9-18H2,2-7H3,(H,32,40)(H,33,39)(H2,34,35,42)/t20-,21-,22?,23+,24-,25-/m0/s1. The third-order valence-electron chi connectivity index (χ3n) is 9.40. The van der Waals surface area contributed by atoms with Gasteiger partial charge in [0.15, 0.2) is 0 Å². The summed E-state index contributed by atoms with van der Waals surface area (Å²) in [5, 5.41) is 11.0. The zero-order chi connectivity index (χ0) is 33.7. The average Bonchev–Trinajstić information content (AvgIpc) is 3.64. The van der Waals surface area contributed by atoms with Crippen molar-refractivity contribution in [2.45, 2.75) is 96.8 Å². The van der Waals surface area contributed by atoms with Crippen molar-refractivity contribution in [1.82, 2.24) is 30.5 Å². The van der Waals surface area contributed by atoms with Gasteiger partial charge in [-0.1, -0.05) is 53.0 Å². The Morgan fingerprint density at radius 1 is 1.04 bits per heavy atom. The van der Waals surface area contributed by atoms with Gasteiger partial charge in [-0.3, -0.25) is 19.2 Å². The molecular weight excluding hydrogens is 600 g/mol. The van der Waals surface area contributed by atoms with Gasteiger partial charge in [0.2, 0.25) is 27.6 Å². The van der Waals surface area contributed by atoms with E-state index in [9.17, 15) is 32.4 Å². The van der Waals surface area contributed by atoms with Crippen LogP contribution in [-0.4, -0.2) is 104 Å². The highest BCUT2D eigenvalue weighted by Gasteiger charge is 2.58. The summed E-state index contributed by atoms with van der Waals surface area (Å²) in [5.41, 5.74) is -0.490. The number of hydrogen-bond donors (Lipinski definition) is 4. The molecule has 5 amide bonds. The molecule has 2 aliphatic carbocycles. The number of hydrogen-bond acceptors (Lipinski definition) is 7. The minimum absolute atomic E-state index is 0.0474. The number of likely N-dealkylation sites (N-methyl/N-ethyl adjacent to an activating group) is 1. The number of ketones is 1. The van der Waals surface area contributed by atoms with E-state index in [0.717, 1.165) is 44.8 Å². The molecular formula is C31H52N6O7S. The molecule has 0 bridgehead atoms. The summed E-state index contributed by atoms with van der Waals surface area (Å²) in [6.45, 7) is 11.5. The first-order chi connectivity index (χ1) is 21.0. The predicted octanol–water partition coefficient (Wildman–Crippen LogP) is 1.15. The Morgan fingerprint density at radius 3 is 2.24 bits per heavy atom. The third kappa shape index (κ3) is 9.50. The van der Waals surface area contributed by atoms with E-state index in [2.05, 4.69) is 27.8 Å². The highest BCUT2D eigenvalue weighted by atomic mass is 32.2. The Balaban J connectivity index is 1.78. The van der Waals surface area contributed by atoms with Crippen molar-refractivity contribution in [2.24, 2.45) is 23.2 Å². The maximum Gasteiger partial charge on any atom is 0.315 e. The second-order valence-electron chi connectivity index (χ2n) is 13.9. The fourth-order valence-corrected chi connectivity index (χ4v) is 6.77. The molecule has 254 valence electrons. The van der Waals surface area contributed by atoms with Crippen molar-refractivity contribution in [2.75, 3.05) is 32.9 Å². The number of piperidine rings is 1. The van der Waals surface area contributed by atoms with Gasteiger partial charge in [-0.25, -0.2) is 17.5 Å². The van der Waals surface area contributed by atoms with Crippen LogP contribution in [0.2, 0.25) is 0 Å². The molecule has 1 heterocycles. The fourth-order valence-electron chi connectivity index (χ4n) is 6.35. The lowest BCUT2D eigenvalue weighted by molar-refractivity contribution is -0.144. The van der Waals surface area contributed by atoms with E-state index >= 15 is 0 Å². The number of urea groups is 1. The fraction of sp³-hybridized carbons (Fsp3) is 0.774. The van der Waals surface area contributed by atoms with Crippen molar-refractivity contribution in [3.8, 4) is 0 Å². The monoisotopic (exact) mass is 652 g/mol. The first-order valence-corrected chi connectivity index (χ1v) is 17.9. The second kappa shape index (κ2) is 15.1. The molecule has 6 atom stereocenters. The number of nitrogens with zero attached hydrogens (tertiary/aromatic N) is 2. The van der Waals surface area contributed by atoms with Crippen molar-refractivity contribution < 1.29 is 32.4 Å². The van der Waals surface area contributed by atoms with E-state index in [0.29, 0.717) is 6.54 Å². The van der Waals surface area contributed by atoms with Crippen LogP contribution in [0.4, 0.5) is 4.79 Å². The van der Waals surface area contributed by atoms with Crippen LogP contribution in [0.25, 0.3) is 0 Å². The van der Waals surface area contributed by atoms with Gasteiger partial charge < -0.3 is 26.2 Å². The van der Waals surface area contributed by atoms with Crippen molar-refractivity contribution in [3.63, 3.8) is 0 Å². The molecule has 3 aliphatic rings. The minimum Gasteiger partial charge on any atom is -0.346 e. The number of sulfonamides is 1. The SMILES string of the molecule is C=CCNC(=O)C(=O)C(CC)NC(=O)[C@@H]1[C@H]2C[C@H]2CN1C(=O)[C@@H](NC(=O)N[C@H](CN(C)S(C)(=O)=O)C(C)(C)C)C1CCCCC1. The summed E-state index contributed by atoms with van der Waals surface area (Å²) in [5.74, 6) is -2.40. The van der Waals surface area contributed by atoms with Gasteiger partial charge in [-0.05, 0) is 48.9 Å². The maximum absolute atomic E-state index is 14.2. The normalized spacial score (nSPS) is 23.7. The minimum atomic E-state index is -3.48. The second-order valence-corrected chi connectivity index (χ2v) is 16.0. The van der Waals surface area contributed by atoms with Crippen molar-refractivity contribution in [1.29, 1.82) is 0 Å². The molecule has 0 aromatic carbocycles. The van der Waals surface area contributed by atoms with Crippen LogP contribution in [-0.2, 0) is 29.2 Å². The van der Waals surface area contributed by atoms with Crippen LogP contribution in [0.5, 0.6) is 0 Å². The first kappa shape index (κ1) is 36.5. The number of amides is 5. The molecule has 1 saturated heterocycles. The van der Waals surface area contributed by atoms with Crippen LogP contribution in [0.1, 0.15) is 72.6 Å². The molecule has 14 heteroatoms. The largest absolute Gasteiger partial charge is 0.346 e. The summed E-state index contributed by atoms with van der Waals surface area (Å²) in [6.07, 6.45) is 7.93. The zero-order valence-corrected chi connectivity index (χ0v) is 28.4. The van der Waals surface area contributed by atoms with E-state index in [1.165, 1.54) is 17.4 Å². The highest BCUT2D eigenvalue weighted by Crippen LogP contribution is 2.50. The number of rotatable bonds is 14. The molecule has 3 rings (SSSR count). The Labute approximate surface area is 267 Å². The van der Waals surface area contributed by atoms with Crippen LogP contribution < -0.4 is 21.3 Å². The molecule has 0 aromatic heterocycles. The van der Waals surface area contributed by atoms with E-state index in [1.54, 1.807) is 11.8 Å². The van der Waals surface area contributed by atoms with Crippen molar-refractivity contribution in [3.05, 3.63) is 12.7 Å². The number of likely N-dealkylation sites (tertiary alicyclic amines) is 1. The predicted molar refractivity (Wildman–Crippen MR) is 170 cm³/mol. The number of Topliss-reactive ketones (excluding diaryl/α,β-unsaturated/α-hetero) is 1. The summed E-state index contributed by atoms with van der Waals surface area (Å²) in [7, 11) is -2.03. The molecule has 2 saturated carbocycles. The van der Waals surface area contributed by atoms with Crippen LogP contribution in [0, 0.1) is 23.2 Å². The first-order valence-electron chi connectivity index (χ1n) is 16.0. The average molecular weight is 653 g/mol. The summed E-state index contributed by atoms with van der Waals surface area (Å²) in [6, 6.07) is -3.84. The molecule has 0 radical (unpaired) electrons. The van der Waals surface area contributed by atoms with Crippen LogP contribution >= 0.6 is 0 Å². The van der Waals surface area contributed by atoms with Gasteiger partial charge in [-0.2, -0.15) is 0 Å². The molecule has 45 heavy (non-hydrogen) atoms. The smallest absolute Gasteiger partial charge is 0.315 e. The zero-order valence-electron chi connectivity index (χ0n) is 27.6. The number of carbonyl (C=O) groups excluding carboxylic acids is 5. The van der Waals surface area contributed by atoms with Crippen LogP contribution in [0.3, 0.4) is 0 Å². The van der Waals surface area contributed by atoms with Gasteiger partial charge in [0.25, 0.3) is 5.91 Å². The molecule has 13 nitrogen and oxygen atoms in total. The molecule has 0 aromatic rings. The molecule has 4 N–H and O–H groups in total. The Kier molecular flexibility index (Phi) is 12.2. The summed E-state index contributed by atoms with van der Waals surface area (Å²) < 4.78 is 25.4. The van der Waals surface area contributed by atoms with Crippen molar-refractivity contribution >= 4 is 39.6 Å². The van der Waals surface area contributed by atoms with E-state index in [-0.39, 0.29) is 43.2 Å². The Bertz CT molecular complexity index is 1240. The van der Waals surface area contributed by atoms with Gasteiger partial charge >= 0.3 is 6.03 Å².